The predicted molar refractivity (Wildman–Crippen MR) is 53.7 cm³/mol. The summed E-state index contributed by atoms with van der Waals surface area (Å²) in [6.07, 6.45) is 1.82. The molecule has 2 aromatic heterocycles. The highest BCUT2D eigenvalue weighted by Gasteiger charge is 2.23. The Hall–Kier alpha value is -1.69. The zero-order valence-electron chi connectivity index (χ0n) is 8.93. The van der Waals surface area contributed by atoms with Crippen molar-refractivity contribution < 1.29 is 4.52 Å². The van der Waals surface area contributed by atoms with E-state index in [1.165, 1.54) is 0 Å². The molecule has 0 aliphatic rings. The van der Waals surface area contributed by atoms with Gasteiger partial charge in [0.25, 0.3) is 0 Å². The van der Waals surface area contributed by atoms with Gasteiger partial charge in [-0.2, -0.15) is 10.1 Å². The van der Waals surface area contributed by atoms with Crippen molar-refractivity contribution in [3.05, 3.63) is 18.2 Å². The van der Waals surface area contributed by atoms with Crippen LogP contribution in [0.25, 0.3) is 11.5 Å². The molecule has 6 heteroatoms. The highest BCUT2D eigenvalue weighted by molar-refractivity contribution is 5.46. The van der Waals surface area contributed by atoms with Gasteiger partial charge in [-0.25, -0.2) is 0 Å². The first-order valence-electron chi connectivity index (χ1n) is 4.60. The second-order valence-corrected chi connectivity index (χ2v) is 4.02. The van der Waals surface area contributed by atoms with Crippen molar-refractivity contribution in [3.8, 4) is 11.5 Å². The molecule has 2 aromatic rings. The molecule has 2 heterocycles. The Kier molecular flexibility index (Phi) is 2.08. The molecule has 2 rings (SSSR count). The summed E-state index contributed by atoms with van der Waals surface area (Å²) in [7, 11) is 1.83. The van der Waals surface area contributed by atoms with Gasteiger partial charge in [-0.05, 0) is 19.9 Å². The zero-order chi connectivity index (χ0) is 11.1. The van der Waals surface area contributed by atoms with Crippen molar-refractivity contribution in [2.24, 2.45) is 12.8 Å². The number of nitrogens with two attached hydrogens (primary N) is 1. The van der Waals surface area contributed by atoms with Crippen LogP contribution in [0.4, 0.5) is 0 Å². The Labute approximate surface area is 87.1 Å². The van der Waals surface area contributed by atoms with E-state index >= 15 is 0 Å². The fourth-order valence-corrected chi connectivity index (χ4v) is 1.12. The van der Waals surface area contributed by atoms with Crippen LogP contribution in [0, 0.1) is 0 Å². The van der Waals surface area contributed by atoms with Crippen molar-refractivity contribution in [2.75, 3.05) is 0 Å². The minimum absolute atomic E-state index is 0.406. The van der Waals surface area contributed by atoms with E-state index in [4.69, 9.17) is 10.3 Å². The molecule has 80 valence electrons. The highest BCUT2D eigenvalue weighted by Crippen LogP contribution is 2.18. The molecular weight excluding hydrogens is 194 g/mol. The molecule has 0 aromatic carbocycles. The maximum absolute atomic E-state index is 5.83. The minimum Gasteiger partial charge on any atom is -0.337 e. The molecule has 0 fully saturated rings. The normalized spacial score (nSPS) is 12.0. The maximum Gasteiger partial charge on any atom is 0.246 e. The van der Waals surface area contributed by atoms with E-state index in [1.807, 2.05) is 33.2 Å². The average molecular weight is 207 g/mol. The van der Waals surface area contributed by atoms with Crippen molar-refractivity contribution >= 4 is 0 Å². The van der Waals surface area contributed by atoms with Crippen LogP contribution in [-0.2, 0) is 12.6 Å². The lowest BCUT2D eigenvalue weighted by Gasteiger charge is -2.10. The standard InChI is InChI=1S/C9H13N5O/c1-9(2,10)8-11-7(13-15-8)6-4-5-14(3)12-6/h4-5H,10H2,1-3H3. The third-order valence-electron chi connectivity index (χ3n) is 1.92. The Balaban J connectivity index is 2.36. The summed E-state index contributed by atoms with van der Waals surface area (Å²) >= 11 is 0. The van der Waals surface area contributed by atoms with Crippen LogP contribution >= 0.6 is 0 Å². The Morgan fingerprint density at radius 2 is 2.20 bits per heavy atom. The third-order valence-corrected chi connectivity index (χ3v) is 1.92. The molecular formula is C9H13N5O. The van der Waals surface area contributed by atoms with Gasteiger partial charge >= 0.3 is 0 Å². The van der Waals surface area contributed by atoms with Crippen molar-refractivity contribution in [1.29, 1.82) is 0 Å². The molecule has 0 aliphatic carbocycles. The lowest BCUT2D eigenvalue weighted by atomic mass is 10.1. The molecule has 0 atom stereocenters. The van der Waals surface area contributed by atoms with Crippen LogP contribution in [0.3, 0.4) is 0 Å². The largest absolute Gasteiger partial charge is 0.337 e. The van der Waals surface area contributed by atoms with Crippen molar-refractivity contribution in [1.82, 2.24) is 19.9 Å². The summed E-state index contributed by atoms with van der Waals surface area (Å²) < 4.78 is 6.74. The van der Waals surface area contributed by atoms with Gasteiger partial charge in [0.1, 0.15) is 5.69 Å². The van der Waals surface area contributed by atoms with Crippen molar-refractivity contribution in [2.45, 2.75) is 19.4 Å². The Morgan fingerprint density at radius 1 is 1.47 bits per heavy atom. The van der Waals surface area contributed by atoms with E-state index in [1.54, 1.807) is 4.68 Å². The van der Waals surface area contributed by atoms with Crippen LogP contribution < -0.4 is 5.73 Å². The third kappa shape index (κ3) is 1.89. The van der Waals surface area contributed by atoms with Gasteiger partial charge in [-0.3, -0.25) is 4.68 Å². The first kappa shape index (κ1) is 9.85. The molecule has 2 N–H and O–H groups in total. The van der Waals surface area contributed by atoms with E-state index in [9.17, 15) is 0 Å². The highest BCUT2D eigenvalue weighted by atomic mass is 16.5. The van der Waals surface area contributed by atoms with Crippen LogP contribution in [0.2, 0.25) is 0 Å². The predicted octanol–water partition coefficient (Wildman–Crippen LogP) is 0.664. The van der Waals surface area contributed by atoms with Gasteiger partial charge in [-0.15, -0.1) is 0 Å². The van der Waals surface area contributed by atoms with E-state index in [-0.39, 0.29) is 0 Å². The number of nitrogens with zero attached hydrogens (tertiary/aromatic N) is 4. The quantitative estimate of drug-likeness (QED) is 0.782. The van der Waals surface area contributed by atoms with E-state index in [2.05, 4.69) is 15.2 Å². The first-order chi connectivity index (χ1) is 6.97. The van der Waals surface area contributed by atoms with Crippen LogP contribution in [-0.4, -0.2) is 19.9 Å². The summed E-state index contributed by atoms with van der Waals surface area (Å²) in [6.45, 7) is 3.62. The molecule has 0 aliphatic heterocycles. The number of aromatic nitrogens is 4. The Morgan fingerprint density at radius 3 is 2.67 bits per heavy atom. The molecule has 0 bridgehead atoms. The smallest absolute Gasteiger partial charge is 0.246 e. The van der Waals surface area contributed by atoms with E-state index < -0.39 is 5.54 Å². The van der Waals surface area contributed by atoms with Crippen LogP contribution in [0.5, 0.6) is 0 Å². The maximum atomic E-state index is 5.83. The number of hydrogen-bond acceptors (Lipinski definition) is 5. The summed E-state index contributed by atoms with van der Waals surface area (Å²) in [5.74, 6) is 0.868. The SMILES string of the molecule is Cn1ccc(-c2noc(C(C)(C)N)n2)n1. The van der Waals surface area contributed by atoms with Gasteiger partial charge < -0.3 is 10.3 Å². The van der Waals surface area contributed by atoms with Crippen molar-refractivity contribution in [3.63, 3.8) is 0 Å². The number of rotatable bonds is 2. The fraction of sp³-hybridized carbons (Fsp3) is 0.444. The lowest BCUT2D eigenvalue weighted by molar-refractivity contribution is 0.312. The molecule has 0 unspecified atom stereocenters. The van der Waals surface area contributed by atoms with Gasteiger partial charge in [0.05, 0.1) is 5.54 Å². The fourth-order valence-electron chi connectivity index (χ4n) is 1.12. The number of hydrogen-bond donors (Lipinski definition) is 1. The summed E-state index contributed by atoms with van der Waals surface area (Å²) in [5, 5.41) is 7.99. The number of aryl methyl sites for hydroxylation is 1. The summed E-state index contributed by atoms with van der Waals surface area (Å²) in [6, 6.07) is 1.82. The second kappa shape index (κ2) is 3.16. The average Bonchev–Trinajstić information content (AvgIpc) is 2.69. The summed E-state index contributed by atoms with van der Waals surface area (Å²) in [4.78, 5) is 4.19. The minimum atomic E-state index is -0.625. The topological polar surface area (TPSA) is 82.8 Å². The van der Waals surface area contributed by atoms with Crippen LogP contribution in [0.15, 0.2) is 16.8 Å². The molecule has 15 heavy (non-hydrogen) atoms. The molecule has 0 saturated carbocycles. The van der Waals surface area contributed by atoms with Crippen LogP contribution in [0.1, 0.15) is 19.7 Å². The Bertz CT molecular complexity index is 465. The first-order valence-corrected chi connectivity index (χ1v) is 4.60. The lowest BCUT2D eigenvalue weighted by Crippen LogP contribution is -2.28. The molecule has 0 amide bonds. The monoisotopic (exact) mass is 207 g/mol. The molecule has 0 saturated heterocycles. The molecule has 6 nitrogen and oxygen atoms in total. The molecule has 0 spiro atoms. The van der Waals surface area contributed by atoms with Gasteiger partial charge in [0, 0.05) is 13.2 Å². The summed E-state index contributed by atoms with van der Waals surface area (Å²) in [5.41, 5.74) is 5.88. The van der Waals surface area contributed by atoms with Gasteiger partial charge in [0.15, 0.2) is 0 Å². The van der Waals surface area contributed by atoms with E-state index in [0.717, 1.165) is 0 Å². The second-order valence-electron chi connectivity index (χ2n) is 4.02. The van der Waals surface area contributed by atoms with Gasteiger partial charge in [0.2, 0.25) is 11.7 Å². The molecule has 0 radical (unpaired) electrons. The van der Waals surface area contributed by atoms with Gasteiger partial charge in [-0.1, -0.05) is 5.16 Å². The van der Waals surface area contributed by atoms with E-state index in [0.29, 0.717) is 17.4 Å². The zero-order valence-corrected chi connectivity index (χ0v) is 8.93.